The van der Waals surface area contributed by atoms with Crippen LogP contribution in [0.4, 0.5) is 13.2 Å². The van der Waals surface area contributed by atoms with E-state index in [2.05, 4.69) is 0 Å². The Morgan fingerprint density at radius 2 is 1.95 bits per heavy atom. The molecule has 1 heterocycles. The molecule has 0 saturated carbocycles. The first kappa shape index (κ1) is 16.3. The van der Waals surface area contributed by atoms with Crippen molar-refractivity contribution in [2.24, 2.45) is 0 Å². The molecule has 1 aromatic carbocycles. The minimum atomic E-state index is -4.89. The van der Waals surface area contributed by atoms with Crippen molar-refractivity contribution in [3.8, 4) is 0 Å². The van der Waals surface area contributed by atoms with Crippen molar-refractivity contribution in [2.75, 3.05) is 20.7 Å². The van der Waals surface area contributed by atoms with Crippen molar-refractivity contribution in [2.45, 2.75) is 19.1 Å². The number of rotatable bonds is 2. The zero-order valence-corrected chi connectivity index (χ0v) is 12.1. The summed E-state index contributed by atoms with van der Waals surface area (Å²) in [6.07, 6.45) is -4.56. The standard InChI is InChI=1S/C14H15F3N2O3/c1-18(22-2)12(20)10-4-3-9-5-6-19(8-11(9)7-10)13(21)14(15,16)17/h3-4,7H,5-6,8H2,1-2H3. The third-order valence-corrected chi connectivity index (χ3v) is 3.56. The molecule has 5 nitrogen and oxygen atoms in total. The number of amides is 2. The first-order valence-corrected chi connectivity index (χ1v) is 6.54. The first-order chi connectivity index (χ1) is 10.2. The normalized spacial score (nSPS) is 14.5. The Hall–Kier alpha value is -2.09. The second-order valence-corrected chi connectivity index (χ2v) is 4.94. The third-order valence-electron chi connectivity index (χ3n) is 3.56. The highest BCUT2D eigenvalue weighted by atomic mass is 19.4. The Labute approximate surface area is 125 Å². The highest BCUT2D eigenvalue weighted by molar-refractivity contribution is 5.93. The number of halogens is 3. The fourth-order valence-corrected chi connectivity index (χ4v) is 2.31. The highest BCUT2D eigenvalue weighted by Crippen LogP contribution is 2.25. The van der Waals surface area contributed by atoms with Gasteiger partial charge in [0, 0.05) is 25.7 Å². The summed E-state index contributed by atoms with van der Waals surface area (Å²) in [4.78, 5) is 28.8. The number of hydrogen-bond acceptors (Lipinski definition) is 3. The predicted molar refractivity (Wildman–Crippen MR) is 70.7 cm³/mol. The fraction of sp³-hybridized carbons (Fsp3) is 0.429. The Balaban J connectivity index is 2.24. The molecule has 0 spiro atoms. The van der Waals surface area contributed by atoms with E-state index in [1.165, 1.54) is 20.2 Å². The molecule has 22 heavy (non-hydrogen) atoms. The molecule has 0 aliphatic carbocycles. The van der Waals surface area contributed by atoms with Crippen molar-refractivity contribution in [3.63, 3.8) is 0 Å². The largest absolute Gasteiger partial charge is 0.471 e. The van der Waals surface area contributed by atoms with Gasteiger partial charge >= 0.3 is 12.1 Å². The molecule has 0 N–H and O–H groups in total. The Bertz CT molecular complexity index is 601. The fourth-order valence-electron chi connectivity index (χ4n) is 2.31. The molecule has 1 aliphatic rings. The van der Waals surface area contributed by atoms with Crippen molar-refractivity contribution in [1.29, 1.82) is 0 Å². The molecule has 0 fully saturated rings. The van der Waals surface area contributed by atoms with Crippen LogP contribution in [-0.2, 0) is 22.6 Å². The van der Waals surface area contributed by atoms with Crippen LogP contribution in [0.5, 0.6) is 0 Å². The Kier molecular flexibility index (Phi) is 4.41. The molecule has 2 amide bonds. The van der Waals surface area contributed by atoms with E-state index in [0.29, 0.717) is 17.5 Å². The zero-order valence-electron chi connectivity index (χ0n) is 12.1. The van der Waals surface area contributed by atoms with Gasteiger partial charge in [0.1, 0.15) is 0 Å². The first-order valence-electron chi connectivity index (χ1n) is 6.54. The predicted octanol–water partition coefficient (Wildman–Crippen LogP) is 1.77. The number of carbonyl (C=O) groups is 2. The van der Waals surface area contributed by atoms with Gasteiger partial charge in [0.05, 0.1) is 7.11 Å². The number of fused-ring (bicyclic) bond motifs is 1. The van der Waals surface area contributed by atoms with Crippen LogP contribution in [0.25, 0.3) is 0 Å². The number of carbonyl (C=O) groups excluding carboxylic acids is 2. The van der Waals surface area contributed by atoms with Crippen molar-refractivity contribution >= 4 is 11.8 Å². The molecule has 1 aromatic rings. The molecule has 0 atom stereocenters. The quantitative estimate of drug-likeness (QED) is 0.781. The van der Waals surface area contributed by atoms with Gasteiger partial charge in [-0.2, -0.15) is 13.2 Å². The van der Waals surface area contributed by atoms with Gasteiger partial charge in [-0.25, -0.2) is 5.06 Å². The van der Waals surface area contributed by atoms with E-state index in [0.717, 1.165) is 15.5 Å². The van der Waals surface area contributed by atoms with Crippen molar-refractivity contribution < 1.29 is 27.6 Å². The van der Waals surface area contributed by atoms with Crippen molar-refractivity contribution in [3.05, 3.63) is 34.9 Å². The highest BCUT2D eigenvalue weighted by Gasteiger charge is 2.43. The molecule has 1 aliphatic heterocycles. The van der Waals surface area contributed by atoms with E-state index in [1.54, 1.807) is 12.1 Å². The SMILES string of the molecule is CON(C)C(=O)c1ccc2c(c1)CN(C(=O)C(F)(F)F)CC2. The van der Waals surface area contributed by atoms with E-state index in [1.807, 2.05) is 0 Å². The van der Waals surface area contributed by atoms with Gasteiger partial charge in [-0.15, -0.1) is 0 Å². The topological polar surface area (TPSA) is 49.9 Å². The van der Waals surface area contributed by atoms with Crippen LogP contribution in [-0.4, -0.2) is 48.7 Å². The number of alkyl halides is 3. The third kappa shape index (κ3) is 3.22. The van der Waals surface area contributed by atoms with E-state index in [-0.39, 0.29) is 13.1 Å². The van der Waals surface area contributed by atoms with Crippen LogP contribution in [0.2, 0.25) is 0 Å². The lowest BCUT2D eigenvalue weighted by atomic mass is 9.97. The summed E-state index contributed by atoms with van der Waals surface area (Å²) < 4.78 is 37.5. The summed E-state index contributed by atoms with van der Waals surface area (Å²) in [7, 11) is 2.77. The molecule has 0 saturated heterocycles. The molecular formula is C14H15F3N2O3. The lowest BCUT2D eigenvalue weighted by Gasteiger charge is -2.29. The summed E-state index contributed by atoms with van der Waals surface area (Å²) in [5, 5.41) is 1.02. The maximum absolute atomic E-state index is 12.5. The molecule has 0 radical (unpaired) electrons. The van der Waals surface area contributed by atoms with Crippen molar-refractivity contribution in [1.82, 2.24) is 9.96 Å². The smallest absolute Gasteiger partial charge is 0.330 e. The number of nitrogens with zero attached hydrogens (tertiary/aromatic N) is 2. The molecule has 8 heteroatoms. The van der Waals surface area contributed by atoms with Crippen LogP contribution in [0.3, 0.4) is 0 Å². The lowest BCUT2D eigenvalue weighted by molar-refractivity contribution is -0.186. The van der Waals surface area contributed by atoms with Crippen LogP contribution in [0, 0.1) is 0 Å². The summed E-state index contributed by atoms with van der Waals surface area (Å²) in [5.41, 5.74) is 1.67. The lowest BCUT2D eigenvalue weighted by Crippen LogP contribution is -2.43. The van der Waals surface area contributed by atoms with Crippen LogP contribution < -0.4 is 0 Å². The van der Waals surface area contributed by atoms with E-state index >= 15 is 0 Å². The zero-order chi connectivity index (χ0) is 16.5. The summed E-state index contributed by atoms with van der Waals surface area (Å²) in [6, 6.07) is 4.79. The van der Waals surface area contributed by atoms with Gasteiger partial charge < -0.3 is 4.90 Å². The molecule has 120 valence electrons. The summed E-state index contributed by atoms with van der Waals surface area (Å²) in [5.74, 6) is -2.27. The average molecular weight is 316 g/mol. The Morgan fingerprint density at radius 1 is 1.27 bits per heavy atom. The van der Waals surface area contributed by atoms with Crippen LogP contribution >= 0.6 is 0 Å². The summed E-state index contributed by atoms with van der Waals surface area (Å²) >= 11 is 0. The minimum Gasteiger partial charge on any atom is -0.330 e. The Morgan fingerprint density at radius 3 is 2.55 bits per heavy atom. The maximum atomic E-state index is 12.5. The second kappa shape index (κ2) is 5.96. The monoisotopic (exact) mass is 316 g/mol. The van der Waals surface area contributed by atoms with Gasteiger partial charge in [0.2, 0.25) is 0 Å². The number of hydrogen-bond donors (Lipinski definition) is 0. The summed E-state index contributed by atoms with van der Waals surface area (Å²) in [6.45, 7) is -0.151. The second-order valence-electron chi connectivity index (χ2n) is 4.94. The maximum Gasteiger partial charge on any atom is 0.471 e. The molecule has 0 aromatic heterocycles. The molecule has 2 rings (SSSR count). The molecule has 0 unspecified atom stereocenters. The van der Waals surface area contributed by atoms with Crippen LogP contribution in [0.15, 0.2) is 18.2 Å². The van der Waals surface area contributed by atoms with Gasteiger partial charge in [0.15, 0.2) is 0 Å². The van der Waals surface area contributed by atoms with Gasteiger partial charge in [-0.1, -0.05) is 6.07 Å². The number of benzene rings is 1. The number of hydroxylamine groups is 2. The molecule has 0 bridgehead atoms. The van der Waals surface area contributed by atoms with Gasteiger partial charge in [-0.3, -0.25) is 14.4 Å². The van der Waals surface area contributed by atoms with Crippen LogP contribution in [0.1, 0.15) is 21.5 Å². The molecular weight excluding hydrogens is 301 g/mol. The minimum absolute atomic E-state index is 0.0105. The van der Waals surface area contributed by atoms with E-state index < -0.39 is 18.0 Å². The average Bonchev–Trinajstić information content (AvgIpc) is 2.50. The van der Waals surface area contributed by atoms with Gasteiger partial charge in [-0.05, 0) is 29.7 Å². The van der Waals surface area contributed by atoms with Gasteiger partial charge in [0.25, 0.3) is 5.91 Å². The van der Waals surface area contributed by atoms with E-state index in [9.17, 15) is 22.8 Å². The van der Waals surface area contributed by atoms with E-state index in [4.69, 9.17) is 4.84 Å².